The average Bonchev–Trinajstić information content (AvgIpc) is 2.47. The first-order chi connectivity index (χ1) is 10.0. The lowest BCUT2D eigenvalue weighted by molar-refractivity contribution is 0.112. The van der Waals surface area contributed by atoms with Crippen molar-refractivity contribution >= 4 is 34.0 Å². The Morgan fingerprint density at radius 3 is 2.81 bits per heavy atom. The number of carbonyl (C=O) groups is 1. The molecule has 3 rings (SSSR count). The van der Waals surface area contributed by atoms with Crippen LogP contribution in [0.2, 0.25) is 0 Å². The van der Waals surface area contributed by atoms with E-state index >= 15 is 0 Å². The van der Waals surface area contributed by atoms with E-state index in [1.807, 2.05) is 18.2 Å². The van der Waals surface area contributed by atoms with E-state index in [0.29, 0.717) is 17.6 Å². The summed E-state index contributed by atoms with van der Waals surface area (Å²) in [5.41, 5.74) is 1.36. The standard InChI is InChI=1S/C16H13BrO3S/c1-8(2)15-12-13(19)9(6-18)7-20-14(12)10-4-3-5-11(17)16(10)21-15/h3-8,15H,1-2H3. The zero-order chi connectivity index (χ0) is 15.1. The van der Waals surface area contributed by atoms with Crippen molar-refractivity contribution in [3.05, 3.63) is 50.3 Å². The summed E-state index contributed by atoms with van der Waals surface area (Å²) in [4.78, 5) is 24.6. The molecule has 1 atom stereocenters. The van der Waals surface area contributed by atoms with Gasteiger partial charge in [-0.15, -0.1) is 11.8 Å². The third-order valence-electron chi connectivity index (χ3n) is 3.53. The molecule has 2 aromatic rings. The van der Waals surface area contributed by atoms with Crippen molar-refractivity contribution in [3.63, 3.8) is 0 Å². The minimum atomic E-state index is -0.219. The largest absolute Gasteiger partial charge is 0.463 e. The molecule has 1 aromatic heterocycles. The molecule has 21 heavy (non-hydrogen) atoms. The van der Waals surface area contributed by atoms with Gasteiger partial charge in [0.05, 0.1) is 11.1 Å². The van der Waals surface area contributed by atoms with Gasteiger partial charge < -0.3 is 4.42 Å². The molecular weight excluding hydrogens is 352 g/mol. The van der Waals surface area contributed by atoms with E-state index in [-0.39, 0.29) is 22.2 Å². The Kier molecular flexibility index (Phi) is 3.80. The Morgan fingerprint density at radius 1 is 1.38 bits per heavy atom. The number of hydrogen-bond acceptors (Lipinski definition) is 4. The van der Waals surface area contributed by atoms with Gasteiger partial charge in [-0.1, -0.05) is 26.0 Å². The third kappa shape index (κ3) is 2.28. The molecule has 0 fully saturated rings. The van der Waals surface area contributed by atoms with Crippen molar-refractivity contribution in [2.24, 2.45) is 5.92 Å². The normalized spacial score (nSPS) is 16.5. The zero-order valence-electron chi connectivity index (χ0n) is 11.6. The molecule has 0 spiro atoms. The lowest BCUT2D eigenvalue weighted by atomic mass is 9.96. The van der Waals surface area contributed by atoms with E-state index in [1.165, 1.54) is 6.26 Å². The Morgan fingerprint density at radius 2 is 2.14 bits per heavy atom. The Bertz CT molecular complexity index is 780. The molecule has 0 amide bonds. The van der Waals surface area contributed by atoms with Crippen LogP contribution in [0.5, 0.6) is 0 Å². The van der Waals surface area contributed by atoms with Crippen LogP contribution in [-0.2, 0) is 0 Å². The van der Waals surface area contributed by atoms with E-state index in [2.05, 4.69) is 29.8 Å². The quantitative estimate of drug-likeness (QED) is 0.725. The van der Waals surface area contributed by atoms with Crippen LogP contribution >= 0.6 is 27.7 Å². The van der Waals surface area contributed by atoms with Crippen LogP contribution in [0.25, 0.3) is 11.3 Å². The van der Waals surface area contributed by atoms with Crippen molar-refractivity contribution in [2.75, 3.05) is 0 Å². The molecule has 3 nitrogen and oxygen atoms in total. The summed E-state index contributed by atoms with van der Waals surface area (Å²) >= 11 is 5.21. The highest BCUT2D eigenvalue weighted by Gasteiger charge is 2.33. The fourth-order valence-electron chi connectivity index (χ4n) is 2.51. The van der Waals surface area contributed by atoms with Crippen LogP contribution < -0.4 is 5.43 Å². The molecule has 1 unspecified atom stereocenters. The summed E-state index contributed by atoms with van der Waals surface area (Å²) in [5.74, 6) is 0.832. The molecule has 0 radical (unpaired) electrons. The maximum atomic E-state index is 12.5. The smallest absolute Gasteiger partial charge is 0.200 e. The molecule has 0 saturated heterocycles. The maximum absolute atomic E-state index is 12.5. The third-order valence-corrected chi connectivity index (χ3v) is 6.16. The van der Waals surface area contributed by atoms with Gasteiger partial charge in [-0.2, -0.15) is 0 Å². The molecule has 0 aliphatic carbocycles. The summed E-state index contributed by atoms with van der Waals surface area (Å²) in [6.45, 7) is 4.13. The second kappa shape index (κ2) is 5.46. The summed E-state index contributed by atoms with van der Waals surface area (Å²) in [6.07, 6.45) is 1.82. The van der Waals surface area contributed by atoms with E-state index < -0.39 is 0 Å². The highest BCUT2D eigenvalue weighted by atomic mass is 79.9. The van der Waals surface area contributed by atoms with Crippen molar-refractivity contribution in [1.29, 1.82) is 0 Å². The number of fused-ring (bicyclic) bond motifs is 3. The average molecular weight is 365 g/mol. The van der Waals surface area contributed by atoms with E-state index in [0.717, 1.165) is 14.9 Å². The summed E-state index contributed by atoms with van der Waals surface area (Å²) in [6, 6.07) is 5.83. The first-order valence-electron chi connectivity index (χ1n) is 6.61. The molecule has 1 aliphatic heterocycles. The Labute approximate surface area is 134 Å². The number of rotatable bonds is 2. The zero-order valence-corrected chi connectivity index (χ0v) is 14.0. The van der Waals surface area contributed by atoms with Crippen LogP contribution in [0.15, 0.2) is 43.0 Å². The van der Waals surface area contributed by atoms with Gasteiger partial charge in [0.2, 0.25) is 0 Å². The molecular formula is C16H13BrO3S. The Hall–Kier alpha value is -1.33. The lowest BCUT2D eigenvalue weighted by Gasteiger charge is -2.28. The van der Waals surface area contributed by atoms with Gasteiger partial charge in [-0.05, 0) is 27.9 Å². The van der Waals surface area contributed by atoms with Gasteiger partial charge in [0.1, 0.15) is 12.0 Å². The van der Waals surface area contributed by atoms with Crippen LogP contribution in [0.4, 0.5) is 0 Å². The van der Waals surface area contributed by atoms with Crippen LogP contribution in [-0.4, -0.2) is 6.29 Å². The SMILES string of the molecule is CC(C)C1Sc2c(Br)cccc2-c2occ(C=O)c(=O)c21. The van der Waals surface area contributed by atoms with Gasteiger partial charge in [0, 0.05) is 20.2 Å². The number of benzene rings is 1. The van der Waals surface area contributed by atoms with Crippen molar-refractivity contribution in [1.82, 2.24) is 0 Å². The lowest BCUT2D eigenvalue weighted by Crippen LogP contribution is -2.22. The molecule has 0 N–H and O–H groups in total. The monoisotopic (exact) mass is 364 g/mol. The van der Waals surface area contributed by atoms with Gasteiger partial charge >= 0.3 is 0 Å². The summed E-state index contributed by atoms with van der Waals surface area (Å²) < 4.78 is 6.64. The first kappa shape index (κ1) is 14.6. The maximum Gasteiger partial charge on any atom is 0.200 e. The van der Waals surface area contributed by atoms with Gasteiger partial charge in [0.25, 0.3) is 0 Å². The highest BCUT2D eigenvalue weighted by Crippen LogP contribution is 2.52. The predicted octanol–water partition coefficient (Wildman–Crippen LogP) is 4.68. The van der Waals surface area contributed by atoms with Crippen molar-refractivity contribution in [2.45, 2.75) is 24.0 Å². The van der Waals surface area contributed by atoms with E-state index in [9.17, 15) is 9.59 Å². The molecule has 2 heterocycles. The molecule has 1 aromatic carbocycles. The second-order valence-corrected chi connectivity index (χ2v) is 7.29. The molecule has 0 bridgehead atoms. The second-order valence-electron chi connectivity index (χ2n) is 5.28. The molecule has 1 aliphatic rings. The van der Waals surface area contributed by atoms with Gasteiger partial charge in [-0.3, -0.25) is 9.59 Å². The van der Waals surface area contributed by atoms with Gasteiger partial charge in [0.15, 0.2) is 11.7 Å². The molecule has 0 saturated carbocycles. The summed E-state index contributed by atoms with van der Waals surface area (Å²) in [7, 11) is 0. The first-order valence-corrected chi connectivity index (χ1v) is 8.28. The van der Waals surface area contributed by atoms with Crippen LogP contribution in [0.3, 0.4) is 0 Å². The van der Waals surface area contributed by atoms with Crippen molar-refractivity contribution < 1.29 is 9.21 Å². The predicted molar refractivity (Wildman–Crippen MR) is 86.9 cm³/mol. The topological polar surface area (TPSA) is 47.3 Å². The number of carbonyl (C=O) groups excluding carboxylic acids is 1. The van der Waals surface area contributed by atoms with E-state index in [4.69, 9.17) is 4.42 Å². The molecule has 5 heteroatoms. The summed E-state index contributed by atoms with van der Waals surface area (Å²) in [5, 5.41) is -0.0256. The fraction of sp³-hybridized carbons (Fsp3) is 0.250. The number of halogens is 1. The van der Waals surface area contributed by atoms with Gasteiger partial charge in [-0.25, -0.2) is 0 Å². The van der Waals surface area contributed by atoms with E-state index in [1.54, 1.807) is 11.8 Å². The van der Waals surface area contributed by atoms with Crippen LogP contribution in [0, 0.1) is 5.92 Å². The minimum absolute atomic E-state index is 0.0256. The highest BCUT2D eigenvalue weighted by molar-refractivity contribution is 9.10. The number of hydrogen-bond donors (Lipinski definition) is 0. The number of thioether (sulfide) groups is 1. The molecule has 108 valence electrons. The van der Waals surface area contributed by atoms with Crippen molar-refractivity contribution in [3.8, 4) is 11.3 Å². The Balaban J connectivity index is 2.37. The number of aldehydes is 1. The minimum Gasteiger partial charge on any atom is -0.463 e. The fourth-order valence-corrected chi connectivity index (χ4v) is 4.48. The van der Waals surface area contributed by atoms with Crippen LogP contribution in [0.1, 0.15) is 35.0 Å².